The lowest BCUT2D eigenvalue weighted by Gasteiger charge is -2.35. The molecule has 2 heterocycles. The molecule has 1 aromatic rings. The van der Waals surface area contributed by atoms with Crippen molar-refractivity contribution in [3.63, 3.8) is 0 Å². The molecule has 0 saturated carbocycles. The molecule has 3 atom stereocenters. The molecular formula is C21H32N4O5. The Morgan fingerprint density at radius 1 is 0.800 bits per heavy atom. The summed E-state index contributed by atoms with van der Waals surface area (Å²) in [5, 5.41) is 19.0. The molecule has 0 aliphatic carbocycles. The smallest absolute Gasteiger partial charge is 0.320 e. The van der Waals surface area contributed by atoms with E-state index in [1.165, 1.54) is 0 Å². The molecule has 0 radical (unpaired) electrons. The van der Waals surface area contributed by atoms with Gasteiger partial charge < -0.3 is 10.2 Å². The Balaban J connectivity index is 2.39. The summed E-state index contributed by atoms with van der Waals surface area (Å²) in [5.74, 6) is -1.83. The highest BCUT2D eigenvalue weighted by molar-refractivity contribution is 5.80. The number of fused-ring (bicyclic) bond motifs is 2. The minimum Gasteiger partial charge on any atom is -0.480 e. The molecule has 0 amide bonds. The van der Waals surface area contributed by atoms with E-state index in [0.29, 0.717) is 39.3 Å². The van der Waals surface area contributed by atoms with Crippen molar-refractivity contribution in [2.75, 3.05) is 26.2 Å². The number of carboxylic acid groups (broad SMARTS) is 2. The van der Waals surface area contributed by atoms with Gasteiger partial charge in [0, 0.05) is 39.3 Å². The first-order valence-electron chi connectivity index (χ1n) is 10.2. The largest absolute Gasteiger partial charge is 0.480 e. The summed E-state index contributed by atoms with van der Waals surface area (Å²) >= 11 is 0. The van der Waals surface area contributed by atoms with Crippen molar-refractivity contribution in [1.82, 2.24) is 19.7 Å². The van der Waals surface area contributed by atoms with E-state index in [1.807, 2.05) is 34.9 Å². The number of carbonyl (C=O) groups excluding carboxylic acids is 1. The van der Waals surface area contributed by atoms with Crippen LogP contribution in [-0.4, -0.2) is 91.9 Å². The van der Waals surface area contributed by atoms with E-state index < -0.39 is 24.0 Å². The summed E-state index contributed by atoms with van der Waals surface area (Å²) < 4.78 is 0. The Bertz CT molecular complexity index is 722. The Labute approximate surface area is 177 Å². The van der Waals surface area contributed by atoms with Gasteiger partial charge in [-0.3, -0.25) is 34.1 Å². The van der Waals surface area contributed by atoms with Crippen LogP contribution in [0.3, 0.4) is 0 Å². The van der Waals surface area contributed by atoms with E-state index in [4.69, 9.17) is 0 Å². The van der Waals surface area contributed by atoms with Crippen LogP contribution in [0.5, 0.6) is 0 Å². The van der Waals surface area contributed by atoms with Gasteiger partial charge in [-0.15, -0.1) is 0 Å². The van der Waals surface area contributed by atoms with Crippen LogP contribution in [0, 0.1) is 0 Å². The number of Topliss-reactive ketones (excluding diaryl/α,β-unsaturated/α-hetero) is 1. The number of ketones is 1. The van der Waals surface area contributed by atoms with Gasteiger partial charge >= 0.3 is 11.9 Å². The maximum absolute atomic E-state index is 12.0. The fraction of sp³-hybridized carbons (Fsp3) is 0.619. The van der Waals surface area contributed by atoms with Crippen molar-refractivity contribution in [3.05, 3.63) is 29.6 Å². The third kappa shape index (κ3) is 6.32. The van der Waals surface area contributed by atoms with E-state index in [-0.39, 0.29) is 11.8 Å². The standard InChI is InChI=1S/C21H32N4O5/c1-14(17(4)26)24-10-8-23(15(2)20(27)28)9-11-25(16(3)21(29)30)13-19-7-5-6-18(12-24)22-19/h5-7,14-16H,8-13H2,1-4H3,(H,27,28)(H,29,30). The monoisotopic (exact) mass is 420 g/mol. The first-order chi connectivity index (χ1) is 14.1. The van der Waals surface area contributed by atoms with Crippen molar-refractivity contribution in [1.29, 1.82) is 0 Å². The van der Waals surface area contributed by atoms with Crippen LogP contribution in [0.1, 0.15) is 39.1 Å². The van der Waals surface area contributed by atoms with Gasteiger partial charge in [-0.25, -0.2) is 0 Å². The zero-order valence-corrected chi connectivity index (χ0v) is 18.1. The third-order valence-electron chi connectivity index (χ3n) is 5.89. The first kappa shape index (κ1) is 23.9. The fourth-order valence-corrected chi connectivity index (χ4v) is 3.52. The summed E-state index contributed by atoms with van der Waals surface area (Å²) in [6.45, 7) is 9.18. The summed E-state index contributed by atoms with van der Waals surface area (Å²) in [6.07, 6.45) is 0. The van der Waals surface area contributed by atoms with Gasteiger partial charge in [-0.2, -0.15) is 0 Å². The van der Waals surface area contributed by atoms with Crippen LogP contribution < -0.4 is 0 Å². The number of hydrogen-bond acceptors (Lipinski definition) is 7. The highest BCUT2D eigenvalue weighted by Gasteiger charge is 2.27. The number of pyridine rings is 1. The number of nitrogens with zero attached hydrogens (tertiary/aromatic N) is 4. The second kappa shape index (κ2) is 10.6. The van der Waals surface area contributed by atoms with E-state index in [0.717, 1.165) is 11.4 Å². The maximum atomic E-state index is 12.0. The molecular weight excluding hydrogens is 388 g/mol. The molecule has 9 heteroatoms. The molecule has 1 aromatic heterocycles. The van der Waals surface area contributed by atoms with E-state index >= 15 is 0 Å². The number of rotatable bonds is 6. The Hall–Kier alpha value is -2.36. The molecule has 1 aliphatic rings. The van der Waals surface area contributed by atoms with Gasteiger partial charge in [-0.05, 0) is 39.8 Å². The zero-order chi connectivity index (χ0) is 22.4. The minimum absolute atomic E-state index is 0.0394. The van der Waals surface area contributed by atoms with Crippen LogP contribution in [-0.2, 0) is 27.5 Å². The van der Waals surface area contributed by atoms with Crippen LogP contribution in [0.15, 0.2) is 18.2 Å². The summed E-state index contributed by atoms with van der Waals surface area (Å²) in [6, 6.07) is 3.87. The van der Waals surface area contributed by atoms with Crippen LogP contribution >= 0.6 is 0 Å². The van der Waals surface area contributed by atoms with Crippen molar-refractivity contribution < 1.29 is 24.6 Å². The molecule has 30 heavy (non-hydrogen) atoms. The second-order valence-electron chi connectivity index (χ2n) is 7.91. The molecule has 166 valence electrons. The van der Waals surface area contributed by atoms with Gasteiger partial charge in [0.05, 0.1) is 17.4 Å². The Kier molecular flexibility index (Phi) is 8.45. The molecule has 2 N–H and O–H groups in total. The Morgan fingerprint density at radius 2 is 1.20 bits per heavy atom. The van der Waals surface area contributed by atoms with Crippen molar-refractivity contribution in [2.24, 2.45) is 0 Å². The maximum Gasteiger partial charge on any atom is 0.320 e. The number of aromatic nitrogens is 1. The van der Waals surface area contributed by atoms with Gasteiger partial charge in [0.2, 0.25) is 0 Å². The molecule has 0 spiro atoms. The van der Waals surface area contributed by atoms with Crippen LogP contribution in [0.25, 0.3) is 0 Å². The normalized spacial score (nSPS) is 20.4. The molecule has 1 aliphatic heterocycles. The highest BCUT2D eigenvalue weighted by Crippen LogP contribution is 2.14. The van der Waals surface area contributed by atoms with Gasteiger partial charge in [0.1, 0.15) is 17.9 Å². The van der Waals surface area contributed by atoms with Crippen LogP contribution in [0.2, 0.25) is 0 Å². The number of hydrogen-bond donors (Lipinski definition) is 2. The number of carboxylic acids is 2. The topological polar surface area (TPSA) is 114 Å². The van der Waals surface area contributed by atoms with E-state index in [1.54, 1.807) is 25.7 Å². The SMILES string of the molecule is CC(=O)C(C)N1CCN(C(C)C(=O)O)CCN(C(C)C(=O)O)Cc2cccc(n2)C1. The fourth-order valence-electron chi connectivity index (χ4n) is 3.52. The van der Waals surface area contributed by atoms with Crippen LogP contribution in [0.4, 0.5) is 0 Å². The van der Waals surface area contributed by atoms with Gasteiger partial charge in [-0.1, -0.05) is 6.07 Å². The van der Waals surface area contributed by atoms with E-state index in [9.17, 15) is 24.6 Å². The Morgan fingerprint density at radius 3 is 1.63 bits per heavy atom. The highest BCUT2D eigenvalue weighted by atomic mass is 16.4. The second-order valence-corrected chi connectivity index (χ2v) is 7.91. The average Bonchev–Trinajstić information content (AvgIpc) is 2.69. The lowest BCUT2D eigenvalue weighted by Crippen LogP contribution is -2.50. The molecule has 0 fully saturated rings. The average molecular weight is 421 g/mol. The lowest BCUT2D eigenvalue weighted by molar-refractivity contribution is -0.145. The number of aliphatic carboxylic acids is 2. The molecule has 0 saturated heterocycles. The molecule has 3 unspecified atom stereocenters. The molecule has 2 rings (SSSR count). The summed E-state index contributed by atoms with van der Waals surface area (Å²) in [4.78, 5) is 45.5. The van der Waals surface area contributed by atoms with E-state index in [2.05, 4.69) is 4.98 Å². The predicted octanol–water partition coefficient (Wildman–Crippen LogP) is 0.925. The number of carbonyl (C=O) groups is 3. The molecule has 2 bridgehead atoms. The molecule has 9 nitrogen and oxygen atoms in total. The van der Waals surface area contributed by atoms with Gasteiger partial charge in [0.25, 0.3) is 0 Å². The van der Waals surface area contributed by atoms with Crippen molar-refractivity contribution in [3.8, 4) is 0 Å². The van der Waals surface area contributed by atoms with Crippen molar-refractivity contribution >= 4 is 17.7 Å². The summed E-state index contributed by atoms with van der Waals surface area (Å²) in [5.41, 5.74) is 1.54. The minimum atomic E-state index is -0.933. The summed E-state index contributed by atoms with van der Waals surface area (Å²) in [7, 11) is 0. The quantitative estimate of drug-likeness (QED) is 0.693. The van der Waals surface area contributed by atoms with Gasteiger partial charge in [0.15, 0.2) is 0 Å². The lowest BCUT2D eigenvalue weighted by atomic mass is 10.1. The first-order valence-corrected chi connectivity index (χ1v) is 10.2. The molecule has 0 aromatic carbocycles. The third-order valence-corrected chi connectivity index (χ3v) is 5.89. The predicted molar refractivity (Wildman–Crippen MR) is 111 cm³/mol. The zero-order valence-electron chi connectivity index (χ0n) is 18.1. The van der Waals surface area contributed by atoms with Crippen molar-refractivity contribution in [2.45, 2.75) is 58.9 Å².